The second-order valence-electron chi connectivity index (χ2n) is 7.48. The highest BCUT2D eigenvalue weighted by atomic mass is 16.2. The summed E-state index contributed by atoms with van der Waals surface area (Å²) >= 11 is 0. The number of rotatable bonds is 3. The first-order valence-electron chi connectivity index (χ1n) is 10.1. The minimum atomic E-state index is 0.0854. The smallest absolute Gasteiger partial charge is 0.254 e. The molecule has 1 fully saturated rings. The maximum absolute atomic E-state index is 12.9. The van der Waals surface area contributed by atoms with Gasteiger partial charge in [-0.1, -0.05) is 48.0 Å². The fraction of sp³-hybridized carbons (Fsp3) is 0.217. The Morgan fingerprint density at radius 2 is 1.73 bits per heavy atom. The molecule has 0 N–H and O–H groups in total. The molecular formula is C23H22N6O. The number of hydrogen-bond acceptors (Lipinski definition) is 5. The third-order valence-electron chi connectivity index (χ3n) is 5.50. The number of amides is 1. The van der Waals surface area contributed by atoms with Crippen LogP contribution in [0.2, 0.25) is 0 Å². The zero-order valence-electron chi connectivity index (χ0n) is 16.8. The van der Waals surface area contributed by atoms with Crippen LogP contribution < -0.4 is 4.90 Å². The molecule has 1 aliphatic heterocycles. The van der Waals surface area contributed by atoms with Crippen LogP contribution in [-0.4, -0.2) is 56.6 Å². The Bertz CT molecular complexity index is 1190. The Kier molecular flexibility index (Phi) is 4.63. The lowest BCUT2D eigenvalue weighted by Crippen LogP contribution is -2.49. The van der Waals surface area contributed by atoms with Crippen molar-refractivity contribution in [1.29, 1.82) is 0 Å². The third-order valence-corrected chi connectivity index (χ3v) is 5.50. The first kappa shape index (κ1) is 18.3. The second-order valence-corrected chi connectivity index (χ2v) is 7.48. The van der Waals surface area contributed by atoms with Crippen molar-refractivity contribution in [2.45, 2.75) is 6.92 Å². The zero-order valence-corrected chi connectivity index (χ0v) is 16.8. The topological polar surface area (TPSA) is 66.6 Å². The van der Waals surface area contributed by atoms with Crippen molar-refractivity contribution in [3.63, 3.8) is 0 Å². The van der Waals surface area contributed by atoms with E-state index in [1.165, 1.54) is 6.33 Å². The van der Waals surface area contributed by atoms with Gasteiger partial charge in [0.15, 0.2) is 0 Å². The molecule has 5 rings (SSSR count). The molecule has 3 heterocycles. The Labute approximate surface area is 174 Å². The van der Waals surface area contributed by atoms with Gasteiger partial charge in [0, 0.05) is 43.5 Å². The predicted molar refractivity (Wildman–Crippen MR) is 116 cm³/mol. The largest absolute Gasteiger partial charge is 0.352 e. The minimum absolute atomic E-state index is 0.0854. The number of aryl methyl sites for hydroxylation is 1. The number of fused-ring (bicyclic) bond motifs is 1. The fourth-order valence-electron chi connectivity index (χ4n) is 3.97. The van der Waals surface area contributed by atoms with Crippen molar-refractivity contribution >= 4 is 17.5 Å². The van der Waals surface area contributed by atoms with E-state index in [0.717, 1.165) is 41.2 Å². The van der Waals surface area contributed by atoms with E-state index in [1.807, 2.05) is 60.5 Å². The van der Waals surface area contributed by atoms with E-state index >= 15 is 0 Å². The lowest BCUT2D eigenvalue weighted by Gasteiger charge is -2.36. The highest BCUT2D eigenvalue weighted by Crippen LogP contribution is 2.31. The molecule has 0 atom stereocenters. The van der Waals surface area contributed by atoms with Crippen LogP contribution in [0.5, 0.6) is 0 Å². The fourth-order valence-corrected chi connectivity index (χ4v) is 3.97. The number of nitrogens with zero attached hydrogens (tertiary/aromatic N) is 6. The van der Waals surface area contributed by atoms with E-state index in [0.29, 0.717) is 18.9 Å². The molecule has 1 saturated heterocycles. The van der Waals surface area contributed by atoms with E-state index in [2.05, 4.69) is 32.1 Å². The highest BCUT2D eigenvalue weighted by Gasteiger charge is 2.26. The van der Waals surface area contributed by atoms with E-state index < -0.39 is 0 Å². The van der Waals surface area contributed by atoms with Crippen LogP contribution in [-0.2, 0) is 0 Å². The summed E-state index contributed by atoms with van der Waals surface area (Å²) in [5, 5.41) is 4.41. The molecule has 150 valence electrons. The molecule has 7 nitrogen and oxygen atoms in total. The lowest BCUT2D eigenvalue weighted by atomic mass is 10.1. The van der Waals surface area contributed by atoms with Gasteiger partial charge in [-0.3, -0.25) is 4.79 Å². The monoisotopic (exact) mass is 398 g/mol. The van der Waals surface area contributed by atoms with Crippen molar-refractivity contribution in [3.05, 3.63) is 78.2 Å². The Balaban J connectivity index is 1.44. The van der Waals surface area contributed by atoms with E-state index in [1.54, 1.807) is 4.52 Å². The van der Waals surface area contributed by atoms with Crippen LogP contribution in [0.1, 0.15) is 15.9 Å². The first-order valence-corrected chi connectivity index (χ1v) is 10.1. The highest BCUT2D eigenvalue weighted by molar-refractivity contribution is 5.94. The summed E-state index contributed by atoms with van der Waals surface area (Å²) in [4.78, 5) is 25.8. The van der Waals surface area contributed by atoms with Gasteiger partial charge in [-0.25, -0.2) is 4.98 Å². The number of piperazine rings is 1. The molecule has 2 aromatic carbocycles. The first-order chi connectivity index (χ1) is 14.7. The van der Waals surface area contributed by atoms with Crippen molar-refractivity contribution in [1.82, 2.24) is 24.5 Å². The Hall–Kier alpha value is -3.74. The van der Waals surface area contributed by atoms with Gasteiger partial charge >= 0.3 is 0 Å². The van der Waals surface area contributed by atoms with Crippen LogP contribution in [0.25, 0.3) is 16.9 Å². The molecule has 0 spiro atoms. The number of anilines is 1. The Morgan fingerprint density at radius 1 is 0.933 bits per heavy atom. The maximum Gasteiger partial charge on any atom is 0.254 e. The normalized spacial score (nSPS) is 14.3. The van der Waals surface area contributed by atoms with Gasteiger partial charge in [-0.05, 0) is 24.6 Å². The molecule has 1 aliphatic rings. The van der Waals surface area contributed by atoms with Gasteiger partial charge in [0.2, 0.25) is 0 Å². The zero-order chi connectivity index (χ0) is 20.5. The quantitative estimate of drug-likeness (QED) is 0.531. The number of aromatic nitrogens is 4. The molecule has 7 heteroatoms. The molecule has 0 saturated carbocycles. The van der Waals surface area contributed by atoms with Gasteiger partial charge in [-0.2, -0.15) is 14.6 Å². The molecule has 0 bridgehead atoms. The molecular weight excluding hydrogens is 376 g/mol. The summed E-state index contributed by atoms with van der Waals surface area (Å²) in [6, 6.07) is 17.9. The molecule has 0 unspecified atom stereocenters. The standard InChI is InChI=1S/C23H22N6O/c1-17-6-5-9-19(14-17)22(30)28-12-10-27(11-13-28)21-20(18-7-3-2-4-8-18)15-24-23-25-16-26-29(21)23/h2-9,14-16H,10-13H2,1H3. The van der Waals surface area contributed by atoms with Crippen LogP contribution in [0.4, 0.5) is 5.82 Å². The van der Waals surface area contributed by atoms with Crippen molar-refractivity contribution < 1.29 is 4.79 Å². The van der Waals surface area contributed by atoms with Crippen LogP contribution in [0, 0.1) is 6.92 Å². The number of carbonyl (C=O) groups excluding carboxylic acids is 1. The van der Waals surface area contributed by atoms with Crippen LogP contribution >= 0.6 is 0 Å². The van der Waals surface area contributed by atoms with Crippen molar-refractivity contribution in [2.24, 2.45) is 0 Å². The summed E-state index contributed by atoms with van der Waals surface area (Å²) in [6.07, 6.45) is 3.39. The minimum Gasteiger partial charge on any atom is -0.352 e. The number of hydrogen-bond donors (Lipinski definition) is 0. The predicted octanol–water partition coefficient (Wildman–Crippen LogP) is 3.06. The molecule has 0 radical (unpaired) electrons. The molecule has 4 aromatic rings. The third kappa shape index (κ3) is 3.28. The van der Waals surface area contributed by atoms with Crippen LogP contribution in [0.15, 0.2) is 67.1 Å². The van der Waals surface area contributed by atoms with Gasteiger partial charge < -0.3 is 9.80 Å². The van der Waals surface area contributed by atoms with Crippen molar-refractivity contribution in [3.8, 4) is 11.1 Å². The molecule has 2 aromatic heterocycles. The second kappa shape index (κ2) is 7.59. The van der Waals surface area contributed by atoms with E-state index in [-0.39, 0.29) is 5.91 Å². The Morgan fingerprint density at radius 3 is 2.50 bits per heavy atom. The average molecular weight is 398 g/mol. The molecule has 1 amide bonds. The average Bonchev–Trinajstić information content (AvgIpc) is 3.28. The lowest BCUT2D eigenvalue weighted by molar-refractivity contribution is 0.0746. The van der Waals surface area contributed by atoms with Crippen molar-refractivity contribution in [2.75, 3.05) is 31.1 Å². The van der Waals surface area contributed by atoms with Crippen LogP contribution in [0.3, 0.4) is 0 Å². The maximum atomic E-state index is 12.9. The summed E-state index contributed by atoms with van der Waals surface area (Å²) in [7, 11) is 0. The molecule has 0 aliphatic carbocycles. The summed E-state index contributed by atoms with van der Waals surface area (Å²) < 4.78 is 1.79. The van der Waals surface area contributed by atoms with Gasteiger partial charge in [-0.15, -0.1) is 0 Å². The number of benzene rings is 2. The van der Waals surface area contributed by atoms with Gasteiger partial charge in [0.05, 0.1) is 0 Å². The summed E-state index contributed by atoms with van der Waals surface area (Å²) in [5.74, 6) is 1.62. The molecule has 30 heavy (non-hydrogen) atoms. The SMILES string of the molecule is Cc1cccc(C(=O)N2CCN(c3c(-c4ccccc4)cnc4ncnn34)CC2)c1. The summed E-state index contributed by atoms with van der Waals surface area (Å²) in [6.45, 7) is 4.75. The summed E-state index contributed by atoms with van der Waals surface area (Å²) in [5.41, 5.74) is 3.93. The van der Waals surface area contributed by atoms with E-state index in [9.17, 15) is 4.79 Å². The van der Waals surface area contributed by atoms with E-state index in [4.69, 9.17) is 0 Å². The van der Waals surface area contributed by atoms with Gasteiger partial charge in [0.25, 0.3) is 11.7 Å². The number of carbonyl (C=O) groups is 1. The van der Waals surface area contributed by atoms with Gasteiger partial charge in [0.1, 0.15) is 12.1 Å².